The van der Waals surface area contributed by atoms with Gasteiger partial charge in [-0.05, 0) is 55.0 Å². The summed E-state index contributed by atoms with van der Waals surface area (Å²) >= 11 is 0. The molecular weight excluding hydrogens is 468 g/mol. The van der Waals surface area contributed by atoms with E-state index in [0.29, 0.717) is 40.8 Å². The number of nitriles is 1. The van der Waals surface area contributed by atoms with E-state index < -0.39 is 0 Å². The van der Waals surface area contributed by atoms with Crippen LogP contribution in [0.1, 0.15) is 24.0 Å². The lowest BCUT2D eigenvalue weighted by Crippen LogP contribution is -2.37. The van der Waals surface area contributed by atoms with E-state index >= 15 is 0 Å². The van der Waals surface area contributed by atoms with Crippen LogP contribution in [0.2, 0.25) is 0 Å². The molecule has 1 atom stereocenters. The van der Waals surface area contributed by atoms with E-state index in [1.54, 1.807) is 13.3 Å². The Morgan fingerprint density at radius 3 is 2.68 bits per heavy atom. The first-order chi connectivity index (χ1) is 18.2. The Labute approximate surface area is 218 Å². The molecule has 194 valence electrons. The van der Waals surface area contributed by atoms with E-state index in [9.17, 15) is 5.26 Å². The summed E-state index contributed by atoms with van der Waals surface area (Å²) in [7, 11) is 1.62. The van der Waals surface area contributed by atoms with Crippen molar-refractivity contribution in [3.63, 3.8) is 0 Å². The number of hydrogen-bond donors (Lipinski definition) is 1. The van der Waals surface area contributed by atoms with E-state index in [1.807, 2.05) is 12.1 Å². The van der Waals surface area contributed by atoms with Crippen LogP contribution in [0.15, 0.2) is 42.6 Å². The number of aromatic nitrogens is 1. The molecule has 0 spiro atoms. The molecule has 8 heteroatoms. The van der Waals surface area contributed by atoms with Crippen molar-refractivity contribution in [3.05, 3.63) is 53.7 Å². The molecule has 37 heavy (non-hydrogen) atoms. The third-order valence-electron chi connectivity index (χ3n) is 7.03. The molecule has 1 unspecified atom stereocenters. The molecular formula is C29H34N4O4. The SMILES string of the molecule is COc1c(OCCCN2CCOCC2)ccc2c(Nc3ccc(CC4CCOC4)cc3)c(C#N)cnc12. The van der Waals surface area contributed by atoms with Gasteiger partial charge in [0.2, 0.25) is 0 Å². The van der Waals surface area contributed by atoms with Gasteiger partial charge in [-0.25, -0.2) is 0 Å². The summed E-state index contributed by atoms with van der Waals surface area (Å²) in [5.41, 5.74) is 4.05. The Morgan fingerprint density at radius 1 is 1.11 bits per heavy atom. The summed E-state index contributed by atoms with van der Waals surface area (Å²) in [5, 5.41) is 14.0. The zero-order chi connectivity index (χ0) is 25.5. The van der Waals surface area contributed by atoms with Crippen molar-refractivity contribution >= 4 is 22.3 Å². The maximum absolute atomic E-state index is 9.78. The number of morpholine rings is 1. The topological polar surface area (TPSA) is 88.9 Å². The van der Waals surface area contributed by atoms with Crippen LogP contribution in [0.5, 0.6) is 11.5 Å². The lowest BCUT2D eigenvalue weighted by molar-refractivity contribution is 0.0357. The number of hydrogen-bond acceptors (Lipinski definition) is 8. The summed E-state index contributed by atoms with van der Waals surface area (Å²) in [6.45, 7) is 6.80. The van der Waals surface area contributed by atoms with Crippen molar-refractivity contribution in [2.24, 2.45) is 5.92 Å². The lowest BCUT2D eigenvalue weighted by Gasteiger charge is -2.26. The number of ether oxygens (including phenoxy) is 4. The van der Waals surface area contributed by atoms with Gasteiger partial charge in [0.25, 0.3) is 0 Å². The van der Waals surface area contributed by atoms with Crippen LogP contribution in [-0.4, -0.2) is 69.7 Å². The summed E-state index contributed by atoms with van der Waals surface area (Å²) in [4.78, 5) is 6.95. The molecule has 0 saturated carbocycles. The van der Waals surface area contributed by atoms with Gasteiger partial charge in [-0.2, -0.15) is 5.26 Å². The van der Waals surface area contributed by atoms with E-state index in [-0.39, 0.29) is 0 Å². The zero-order valence-corrected chi connectivity index (χ0v) is 21.4. The molecule has 1 aromatic heterocycles. The molecule has 0 aliphatic carbocycles. The van der Waals surface area contributed by atoms with Gasteiger partial charge in [0.05, 0.1) is 38.2 Å². The Kier molecular flexibility index (Phi) is 8.36. The monoisotopic (exact) mass is 502 g/mol. The maximum atomic E-state index is 9.78. The number of nitrogens with zero attached hydrogens (tertiary/aromatic N) is 3. The largest absolute Gasteiger partial charge is 0.491 e. The molecule has 2 saturated heterocycles. The van der Waals surface area contributed by atoms with Gasteiger partial charge in [0, 0.05) is 50.1 Å². The molecule has 2 aromatic carbocycles. The first-order valence-corrected chi connectivity index (χ1v) is 13.0. The van der Waals surface area contributed by atoms with Gasteiger partial charge in [0.15, 0.2) is 11.5 Å². The number of pyridine rings is 1. The van der Waals surface area contributed by atoms with Crippen molar-refractivity contribution in [3.8, 4) is 17.6 Å². The highest BCUT2D eigenvalue weighted by Gasteiger charge is 2.18. The molecule has 0 amide bonds. The van der Waals surface area contributed by atoms with Crippen LogP contribution in [0.3, 0.4) is 0 Å². The smallest absolute Gasteiger partial charge is 0.187 e. The average Bonchev–Trinajstić information content (AvgIpc) is 3.45. The van der Waals surface area contributed by atoms with Gasteiger partial charge < -0.3 is 24.3 Å². The summed E-state index contributed by atoms with van der Waals surface area (Å²) in [6, 6.07) is 14.5. The molecule has 0 bridgehead atoms. The predicted molar refractivity (Wildman–Crippen MR) is 143 cm³/mol. The van der Waals surface area contributed by atoms with Crippen LogP contribution in [0, 0.1) is 17.2 Å². The number of rotatable bonds is 10. The third-order valence-corrected chi connectivity index (χ3v) is 7.03. The molecule has 2 aliphatic heterocycles. The molecule has 8 nitrogen and oxygen atoms in total. The summed E-state index contributed by atoms with van der Waals surface area (Å²) in [5.74, 6) is 1.82. The number of fused-ring (bicyclic) bond motifs is 1. The van der Waals surface area contributed by atoms with Crippen molar-refractivity contribution < 1.29 is 18.9 Å². The minimum Gasteiger partial charge on any atom is -0.491 e. The van der Waals surface area contributed by atoms with Gasteiger partial charge >= 0.3 is 0 Å². The molecule has 1 N–H and O–H groups in total. The number of benzene rings is 2. The molecule has 3 heterocycles. The predicted octanol–water partition coefficient (Wildman–Crippen LogP) is 4.54. The first kappa shape index (κ1) is 25.3. The Balaban J connectivity index is 1.31. The van der Waals surface area contributed by atoms with Gasteiger partial charge in [-0.1, -0.05) is 12.1 Å². The van der Waals surface area contributed by atoms with Crippen LogP contribution >= 0.6 is 0 Å². The minimum absolute atomic E-state index is 0.473. The first-order valence-electron chi connectivity index (χ1n) is 13.0. The second kappa shape index (κ2) is 12.2. The fourth-order valence-electron chi connectivity index (χ4n) is 4.99. The number of nitrogens with one attached hydrogen (secondary N) is 1. The molecule has 3 aromatic rings. The number of methoxy groups -OCH3 is 1. The van der Waals surface area contributed by atoms with E-state index in [0.717, 1.165) is 76.4 Å². The minimum atomic E-state index is 0.473. The van der Waals surface area contributed by atoms with Crippen LogP contribution in [0.4, 0.5) is 11.4 Å². The average molecular weight is 503 g/mol. The number of anilines is 2. The fraction of sp³-hybridized carbons (Fsp3) is 0.448. The van der Waals surface area contributed by atoms with Crippen LogP contribution in [0.25, 0.3) is 10.9 Å². The van der Waals surface area contributed by atoms with Crippen molar-refractivity contribution in [1.82, 2.24) is 9.88 Å². The molecule has 5 rings (SSSR count). The highest BCUT2D eigenvalue weighted by molar-refractivity contribution is 5.99. The van der Waals surface area contributed by atoms with Crippen molar-refractivity contribution in [2.75, 3.05) is 65.1 Å². The Hall–Kier alpha value is -3.38. The van der Waals surface area contributed by atoms with Crippen molar-refractivity contribution in [2.45, 2.75) is 19.3 Å². The molecule has 0 radical (unpaired) electrons. The normalized spacial score (nSPS) is 18.0. The highest BCUT2D eigenvalue weighted by atomic mass is 16.5. The molecule has 2 aliphatic rings. The lowest BCUT2D eigenvalue weighted by atomic mass is 9.98. The summed E-state index contributed by atoms with van der Waals surface area (Å²) < 4.78 is 22.7. The van der Waals surface area contributed by atoms with Gasteiger partial charge in [-0.3, -0.25) is 9.88 Å². The van der Waals surface area contributed by atoms with E-state index in [1.165, 1.54) is 5.56 Å². The second-order valence-electron chi connectivity index (χ2n) is 9.56. The van der Waals surface area contributed by atoms with Gasteiger partial charge in [0.1, 0.15) is 11.6 Å². The third kappa shape index (κ3) is 6.13. The highest BCUT2D eigenvalue weighted by Crippen LogP contribution is 2.39. The Morgan fingerprint density at radius 2 is 1.95 bits per heavy atom. The Bertz CT molecular complexity index is 1230. The van der Waals surface area contributed by atoms with Crippen LogP contribution in [-0.2, 0) is 15.9 Å². The van der Waals surface area contributed by atoms with E-state index in [2.05, 4.69) is 45.5 Å². The van der Waals surface area contributed by atoms with E-state index in [4.69, 9.17) is 18.9 Å². The quantitative estimate of drug-likeness (QED) is 0.404. The van der Waals surface area contributed by atoms with Crippen LogP contribution < -0.4 is 14.8 Å². The second-order valence-corrected chi connectivity index (χ2v) is 9.56. The zero-order valence-electron chi connectivity index (χ0n) is 21.4. The summed E-state index contributed by atoms with van der Waals surface area (Å²) in [6.07, 6.45) is 4.65. The fourth-order valence-corrected chi connectivity index (χ4v) is 4.99. The maximum Gasteiger partial charge on any atom is 0.187 e. The van der Waals surface area contributed by atoms with Crippen molar-refractivity contribution in [1.29, 1.82) is 5.26 Å². The standard InChI is InChI=1S/C29H34N4O4/c1-34-29-26(37-13-2-10-33-11-15-35-16-12-33)8-7-25-27(23(18-30)19-31-28(25)29)32-24-5-3-21(4-6-24)17-22-9-14-36-20-22/h3-8,19,22H,2,9-17,20H2,1H3,(H,31,32). The van der Waals surface area contributed by atoms with Gasteiger partial charge in [-0.15, -0.1) is 0 Å². The molecule has 2 fully saturated rings.